The van der Waals surface area contributed by atoms with Crippen LogP contribution in [0.25, 0.3) is 0 Å². The number of nitrogens with one attached hydrogen (secondary N) is 2. The highest BCUT2D eigenvalue weighted by Gasteiger charge is 2.21. The number of carboxylic acid groups (broad SMARTS) is 1. The molecule has 0 saturated carbocycles. The van der Waals surface area contributed by atoms with Crippen molar-refractivity contribution in [1.29, 1.82) is 0 Å². The van der Waals surface area contributed by atoms with Crippen LogP contribution >= 0.6 is 0 Å². The molecule has 0 aliphatic carbocycles. The van der Waals surface area contributed by atoms with Crippen molar-refractivity contribution >= 4 is 23.3 Å². The molecule has 1 aliphatic heterocycles. The number of nitrogens with two attached hydrogens (primary N) is 1. The number of carbonyl (C=O) groups excluding carboxylic acids is 1. The summed E-state index contributed by atoms with van der Waals surface area (Å²) in [4.78, 5) is 21.8. The van der Waals surface area contributed by atoms with Crippen molar-refractivity contribution in [1.82, 2.24) is 5.32 Å². The number of carbonyl (C=O) groups is 2. The molecule has 6 nitrogen and oxygen atoms in total. The molecule has 5 N–H and O–H groups in total. The first-order valence-electron chi connectivity index (χ1n) is 5.22. The summed E-state index contributed by atoms with van der Waals surface area (Å²) in [7, 11) is 0. The van der Waals surface area contributed by atoms with Crippen LogP contribution in [-0.4, -0.2) is 29.6 Å². The molecule has 1 atom stereocenters. The Morgan fingerprint density at radius 3 is 2.88 bits per heavy atom. The summed E-state index contributed by atoms with van der Waals surface area (Å²) in [6.45, 7) is 0.523. The minimum Gasteiger partial charge on any atom is -0.478 e. The second kappa shape index (κ2) is 4.32. The normalized spacial score (nSPS) is 18.8. The number of carboxylic acids is 1. The van der Waals surface area contributed by atoms with Crippen molar-refractivity contribution in [2.75, 3.05) is 17.6 Å². The van der Waals surface area contributed by atoms with Crippen LogP contribution in [0.4, 0.5) is 11.4 Å². The number of hydrogen-bond acceptors (Lipinski definition) is 4. The van der Waals surface area contributed by atoms with Crippen LogP contribution in [0.5, 0.6) is 0 Å². The van der Waals surface area contributed by atoms with Crippen molar-refractivity contribution in [2.45, 2.75) is 12.5 Å². The highest BCUT2D eigenvalue weighted by molar-refractivity contribution is 5.90. The molecule has 2 rings (SSSR count). The number of benzene rings is 1. The van der Waals surface area contributed by atoms with E-state index in [1.807, 2.05) is 0 Å². The predicted molar refractivity (Wildman–Crippen MR) is 62.9 cm³/mol. The molecule has 0 spiro atoms. The monoisotopic (exact) mass is 235 g/mol. The topological polar surface area (TPSA) is 104 Å². The highest BCUT2D eigenvalue weighted by atomic mass is 16.4. The molecule has 0 radical (unpaired) electrons. The Kier molecular flexibility index (Phi) is 2.86. The number of anilines is 2. The third kappa shape index (κ3) is 2.47. The van der Waals surface area contributed by atoms with Gasteiger partial charge in [0, 0.05) is 13.0 Å². The molecule has 1 heterocycles. The van der Waals surface area contributed by atoms with Crippen LogP contribution in [0, 0.1) is 0 Å². The lowest BCUT2D eigenvalue weighted by Gasteiger charge is -2.14. The molecule has 1 aromatic rings. The number of amides is 1. The van der Waals surface area contributed by atoms with Crippen LogP contribution in [-0.2, 0) is 4.79 Å². The first-order valence-corrected chi connectivity index (χ1v) is 5.22. The zero-order valence-corrected chi connectivity index (χ0v) is 9.06. The molecular formula is C11H13N3O3. The van der Waals surface area contributed by atoms with Gasteiger partial charge in [0.05, 0.1) is 23.0 Å². The van der Waals surface area contributed by atoms with Gasteiger partial charge in [0.2, 0.25) is 5.91 Å². The van der Waals surface area contributed by atoms with Crippen molar-refractivity contribution in [2.24, 2.45) is 0 Å². The van der Waals surface area contributed by atoms with E-state index in [9.17, 15) is 9.59 Å². The van der Waals surface area contributed by atoms with Crippen molar-refractivity contribution in [3.8, 4) is 0 Å². The minimum absolute atomic E-state index is 0.0181. The largest absolute Gasteiger partial charge is 0.478 e. The SMILES string of the molecule is Nc1ccc(C(=O)O)cc1NC1CNC(=O)C1. The lowest BCUT2D eigenvalue weighted by Crippen LogP contribution is -2.23. The van der Waals surface area contributed by atoms with Gasteiger partial charge in [0.25, 0.3) is 0 Å². The standard InChI is InChI=1S/C11H13N3O3/c12-8-2-1-6(11(16)17)3-9(8)14-7-4-10(15)13-5-7/h1-3,7,14H,4-5,12H2,(H,13,15)(H,16,17). The van der Waals surface area contributed by atoms with Crippen molar-refractivity contribution in [3.63, 3.8) is 0 Å². The molecule has 90 valence electrons. The molecule has 1 amide bonds. The maximum atomic E-state index is 11.0. The zero-order chi connectivity index (χ0) is 12.4. The summed E-state index contributed by atoms with van der Waals surface area (Å²) in [5, 5.41) is 14.6. The average molecular weight is 235 g/mol. The van der Waals surface area contributed by atoms with Crippen LogP contribution in [0.1, 0.15) is 16.8 Å². The van der Waals surface area contributed by atoms with E-state index >= 15 is 0 Å². The number of aromatic carboxylic acids is 1. The Balaban J connectivity index is 2.17. The number of hydrogen-bond donors (Lipinski definition) is 4. The van der Waals surface area contributed by atoms with Crippen LogP contribution in [0.2, 0.25) is 0 Å². The fraction of sp³-hybridized carbons (Fsp3) is 0.273. The lowest BCUT2D eigenvalue weighted by atomic mass is 10.1. The molecule has 1 aromatic carbocycles. The number of nitrogen functional groups attached to an aromatic ring is 1. The Morgan fingerprint density at radius 1 is 1.53 bits per heavy atom. The first-order chi connectivity index (χ1) is 8.06. The summed E-state index contributed by atoms with van der Waals surface area (Å²) in [5.41, 5.74) is 6.92. The zero-order valence-electron chi connectivity index (χ0n) is 9.06. The van der Waals surface area contributed by atoms with Gasteiger partial charge in [0.15, 0.2) is 0 Å². The summed E-state index contributed by atoms with van der Waals surface area (Å²) >= 11 is 0. The summed E-state index contributed by atoms with van der Waals surface area (Å²) in [6, 6.07) is 4.41. The molecule has 6 heteroatoms. The van der Waals surface area contributed by atoms with Crippen LogP contribution < -0.4 is 16.4 Å². The molecular weight excluding hydrogens is 222 g/mol. The van der Waals surface area contributed by atoms with E-state index in [2.05, 4.69) is 10.6 Å². The van der Waals surface area contributed by atoms with Gasteiger partial charge in [-0.2, -0.15) is 0 Å². The fourth-order valence-electron chi connectivity index (χ4n) is 1.74. The van der Waals surface area contributed by atoms with E-state index in [4.69, 9.17) is 10.8 Å². The van der Waals surface area contributed by atoms with Gasteiger partial charge in [0.1, 0.15) is 0 Å². The summed E-state index contributed by atoms with van der Waals surface area (Å²) in [5.74, 6) is -1.02. The highest BCUT2D eigenvalue weighted by Crippen LogP contribution is 2.22. The Morgan fingerprint density at radius 2 is 2.29 bits per heavy atom. The van der Waals surface area contributed by atoms with Crippen LogP contribution in [0.3, 0.4) is 0 Å². The summed E-state index contributed by atoms with van der Waals surface area (Å²) in [6.07, 6.45) is 0.372. The molecule has 0 aromatic heterocycles. The third-order valence-electron chi connectivity index (χ3n) is 2.64. The molecule has 1 saturated heterocycles. The lowest BCUT2D eigenvalue weighted by molar-refractivity contribution is -0.119. The first kappa shape index (κ1) is 11.3. The molecule has 0 bridgehead atoms. The molecule has 1 fully saturated rings. The molecule has 17 heavy (non-hydrogen) atoms. The van der Waals surface area contributed by atoms with E-state index in [1.54, 1.807) is 0 Å². The van der Waals surface area contributed by atoms with E-state index in [1.165, 1.54) is 18.2 Å². The van der Waals surface area contributed by atoms with Crippen molar-refractivity contribution < 1.29 is 14.7 Å². The molecule has 1 aliphatic rings. The number of rotatable bonds is 3. The molecule has 1 unspecified atom stereocenters. The van der Waals surface area contributed by atoms with Gasteiger partial charge in [-0.1, -0.05) is 0 Å². The quantitative estimate of drug-likeness (QED) is 0.563. The van der Waals surface area contributed by atoms with Crippen LogP contribution in [0.15, 0.2) is 18.2 Å². The van der Waals surface area contributed by atoms with E-state index in [0.29, 0.717) is 24.3 Å². The van der Waals surface area contributed by atoms with E-state index in [-0.39, 0.29) is 17.5 Å². The summed E-state index contributed by atoms with van der Waals surface area (Å²) < 4.78 is 0. The van der Waals surface area contributed by atoms with Gasteiger partial charge in [-0.15, -0.1) is 0 Å². The minimum atomic E-state index is -1.01. The fourth-order valence-corrected chi connectivity index (χ4v) is 1.74. The van der Waals surface area contributed by atoms with Gasteiger partial charge in [-0.05, 0) is 18.2 Å². The van der Waals surface area contributed by atoms with Gasteiger partial charge < -0.3 is 21.5 Å². The van der Waals surface area contributed by atoms with Crippen molar-refractivity contribution in [3.05, 3.63) is 23.8 Å². The Bertz CT molecular complexity index is 473. The van der Waals surface area contributed by atoms with Gasteiger partial charge in [-0.25, -0.2) is 4.79 Å². The Hall–Kier alpha value is -2.24. The smallest absolute Gasteiger partial charge is 0.335 e. The average Bonchev–Trinajstić information content (AvgIpc) is 2.67. The maximum absolute atomic E-state index is 11.0. The van der Waals surface area contributed by atoms with Gasteiger partial charge >= 0.3 is 5.97 Å². The second-order valence-corrected chi connectivity index (χ2v) is 3.96. The van der Waals surface area contributed by atoms with Gasteiger partial charge in [-0.3, -0.25) is 4.79 Å². The van der Waals surface area contributed by atoms with E-state index < -0.39 is 5.97 Å². The second-order valence-electron chi connectivity index (χ2n) is 3.96. The van der Waals surface area contributed by atoms with E-state index in [0.717, 1.165) is 0 Å². The predicted octanol–water partition coefficient (Wildman–Crippen LogP) is 0.267. The maximum Gasteiger partial charge on any atom is 0.335 e. The Labute approximate surface area is 97.8 Å². The third-order valence-corrected chi connectivity index (χ3v) is 2.64.